The Hall–Kier alpha value is -2.87. The van der Waals surface area contributed by atoms with Gasteiger partial charge in [-0.2, -0.15) is 0 Å². The van der Waals surface area contributed by atoms with Gasteiger partial charge in [-0.1, -0.05) is 35.9 Å². The number of hydrogen-bond donors (Lipinski definition) is 2. The van der Waals surface area contributed by atoms with Crippen LogP contribution in [-0.2, 0) is 32.6 Å². The summed E-state index contributed by atoms with van der Waals surface area (Å²) in [7, 11) is -3.40. The van der Waals surface area contributed by atoms with Gasteiger partial charge in [0.05, 0.1) is 11.9 Å². The lowest BCUT2D eigenvalue weighted by molar-refractivity contribution is -0.136. The second-order valence-electron chi connectivity index (χ2n) is 6.90. The lowest BCUT2D eigenvalue weighted by Crippen LogP contribution is -2.36. The highest BCUT2D eigenvalue weighted by Gasteiger charge is 2.24. The first-order chi connectivity index (χ1) is 13.2. The van der Waals surface area contributed by atoms with Crippen molar-refractivity contribution in [2.24, 2.45) is 0 Å². The number of amides is 2. The molecule has 0 aromatic heterocycles. The van der Waals surface area contributed by atoms with Crippen molar-refractivity contribution in [3.8, 4) is 0 Å². The van der Waals surface area contributed by atoms with Crippen LogP contribution in [0, 0.1) is 6.92 Å². The standard InChI is InChI=1S/C20H23N3O4S/c1-14-5-7-15(8-6-14)13-21-19(24)20(25)22-17-10-9-16-4-3-11-23(18(16)12-17)28(2,26)27/h5-10,12H,3-4,11,13H2,1-2H3,(H,21,24)(H,22,25). The third-order valence-electron chi connectivity index (χ3n) is 4.60. The van der Waals surface area contributed by atoms with Crippen LogP contribution in [0.2, 0.25) is 0 Å². The Morgan fingerprint density at radius 1 is 1.07 bits per heavy atom. The molecule has 0 aliphatic carbocycles. The lowest BCUT2D eigenvalue weighted by Gasteiger charge is -2.29. The van der Waals surface area contributed by atoms with E-state index in [0.29, 0.717) is 17.9 Å². The number of nitrogens with zero attached hydrogens (tertiary/aromatic N) is 1. The topological polar surface area (TPSA) is 95.6 Å². The molecule has 148 valence electrons. The van der Waals surface area contributed by atoms with Crippen LogP contribution in [0.5, 0.6) is 0 Å². The van der Waals surface area contributed by atoms with Crippen LogP contribution in [0.1, 0.15) is 23.1 Å². The van der Waals surface area contributed by atoms with Gasteiger partial charge >= 0.3 is 11.8 Å². The minimum atomic E-state index is -3.40. The number of benzene rings is 2. The third-order valence-corrected chi connectivity index (χ3v) is 5.78. The van der Waals surface area contributed by atoms with E-state index >= 15 is 0 Å². The normalized spacial score (nSPS) is 13.6. The minimum absolute atomic E-state index is 0.249. The second kappa shape index (κ2) is 8.02. The van der Waals surface area contributed by atoms with E-state index in [-0.39, 0.29) is 6.54 Å². The van der Waals surface area contributed by atoms with Gasteiger partial charge in [-0.25, -0.2) is 8.42 Å². The average molecular weight is 401 g/mol. The Balaban J connectivity index is 1.67. The molecule has 7 nitrogen and oxygen atoms in total. The first-order valence-electron chi connectivity index (χ1n) is 8.99. The monoisotopic (exact) mass is 401 g/mol. The van der Waals surface area contributed by atoms with E-state index in [1.165, 1.54) is 4.31 Å². The van der Waals surface area contributed by atoms with Crippen molar-refractivity contribution >= 4 is 33.2 Å². The van der Waals surface area contributed by atoms with Crippen molar-refractivity contribution in [3.05, 3.63) is 59.2 Å². The predicted molar refractivity (Wildman–Crippen MR) is 109 cm³/mol. The van der Waals surface area contributed by atoms with E-state index in [9.17, 15) is 18.0 Å². The maximum Gasteiger partial charge on any atom is 0.313 e. The third kappa shape index (κ3) is 4.69. The first kappa shape index (κ1) is 19.9. The zero-order valence-corrected chi connectivity index (χ0v) is 16.7. The van der Waals surface area contributed by atoms with Crippen LogP contribution in [-0.4, -0.2) is 33.0 Å². The van der Waals surface area contributed by atoms with Crippen molar-refractivity contribution in [2.75, 3.05) is 22.4 Å². The number of hydrogen-bond acceptors (Lipinski definition) is 4. The van der Waals surface area contributed by atoms with Gasteiger partial charge in [0, 0.05) is 18.8 Å². The number of rotatable bonds is 4. The van der Waals surface area contributed by atoms with E-state index in [1.807, 2.05) is 31.2 Å². The summed E-state index contributed by atoms with van der Waals surface area (Å²) in [5.41, 5.74) is 3.84. The molecular weight excluding hydrogens is 378 g/mol. The van der Waals surface area contributed by atoms with Crippen LogP contribution in [0.25, 0.3) is 0 Å². The highest BCUT2D eigenvalue weighted by molar-refractivity contribution is 7.92. The Kier molecular flexibility index (Phi) is 5.69. The summed E-state index contributed by atoms with van der Waals surface area (Å²) in [6.45, 7) is 2.62. The molecule has 1 aliphatic heterocycles. The summed E-state index contributed by atoms with van der Waals surface area (Å²) in [4.78, 5) is 24.2. The molecule has 0 unspecified atom stereocenters. The van der Waals surface area contributed by atoms with Gasteiger partial charge in [0.15, 0.2) is 0 Å². The van der Waals surface area contributed by atoms with Crippen molar-refractivity contribution in [1.82, 2.24) is 5.32 Å². The second-order valence-corrected chi connectivity index (χ2v) is 8.81. The van der Waals surface area contributed by atoms with Gasteiger partial charge in [0.25, 0.3) is 0 Å². The van der Waals surface area contributed by atoms with E-state index < -0.39 is 21.8 Å². The zero-order valence-electron chi connectivity index (χ0n) is 15.9. The Labute approximate surface area is 164 Å². The van der Waals surface area contributed by atoms with Gasteiger partial charge in [-0.05, 0) is 43.0 Å². The number of carbonyl (C=O) groups excluding carboxylic acids is 2. The highest BCUT2D eigenvalue weighted by Crippen LogP contribution is 2.31. The Morgan fingerprint density at radius 2 is 1.79 bits per heavy atom. The van der Waals surface area contributed by atoms with Gasteiger partial charge in [-0.3, -0.25) is 13.9 Å². The van der Waals surface area contributed by atoms with Crippen molar-refractivity contribution < 1.29 is 18.0 Å². The highest BCUT2D eigenvalue weighted by atomic mass is 32.2. The van der Waals surface area contributed by atoms with Crippen molar-refractivity contribution in [1.29, 1.82) is 0 Å². The molecule has 2 aromatic rings. The van der Waals surface area contributed by atoms with Crippen LogP contribution in [0.3, 0.4) is 0 Å². The minimum Gasteiger partial charge on any atom is -0.344 e. The summed E-state index contributed by atoms with van der Waals surface area (Å²) in [5.74, 6) is -1.55. The molecule has 28 heavy (non-hydrogen) atoms. The van der Waals surface area contributed by atoms with E-state index in [1.54, 1.807) is 18.2 Å². The van der Waals surface area contributed by atoms with Crippen LogP contribution in [0.15, 0.2) is 42.5 Å². The molecule has 0 fully saturated rings. The fraction of sp³-hybridized carbons (Fsp3) is 0.300. The largest absolute Gasteiger partial charge is 0.344 e. The van der Waals surface area contributed by atoms with Gasteiger partial charge in [-0.15, -0.1) is 0 Å². The number of aryl methyl sites for hydroxylation is 2. The Morgan fingerprint density at radius 3 is 2.46 bits per heavy atom. The number of anilines is 2. The molecule has 2 N–H and O–H groups in total. The Bertz CT molecular complexity index is 1000. The van der Waals surface area contributed by atoms with Crippen LogP contribution >= 0.6 is 0 Å². The molecule has 0 saturated heterocycles. The molecular formula is C20H23N3O4S. The number of carbonyl (C=O) groups is 2. The smallest absolute Gasteiger partial charge is 0.313 e. The maximum absolute atomic E-state index is 12.2. The summed E-state index contributed by atoms with van der Waals surface area (Å²) in [5, 5.41) is 5.11. The van der Waals surface area contributed by atoms with Crippen molar-refractivity contribution in [3.63, 3.8) is 0 Å². The molecule has 0 atom stereocenters. The maximum atomic E-state index is 12.2. The molecule has 1 aliphatic rings. The summed E-state index contributed by atoms with van der Waals surface area (Å²) >= 11 is 0. The predicted octanol–water partition coefficient (Wildman–Crippen LogP) is 1.96. The zero-order chi connectivity index (χ0) is 20.3. The first-order valence-corrected chi connectivity index (χ1v) is 10.8. The molecule has 2 aromatic carbocycles. The lowest BCUT2D eigenvalue weighted by atomic mass is 10.0. The average Bonchev–Trinajstić information content (AvgIpc) is 2.66. The SMILES string of the molecule is Cc1ccc(CNC(=O)C(=O)Nc2ccc3c(c2)N(S(C)(=O)=O)CCC3)cc1. The van der Waals surface area contributed by atoms with E-state index in [4.69, 9.17) is 0 Å². The number of sulfonamides is 1. The van der Waals surface area contributed by atoms with E-state index in [2.05, 4.69) is 10.6 Å². The number of fused-ring (bicyclic) bond motifs is 1. The van der Waals surface area contributed by atoms with Crippen LogP contribution < -0.4 is 14.9 Å². The fourth-order valence-electron chi connectivity index (χ4n) is 3.12. The number of nitrogens with one attached hydrogen (secondary N) is 2. The summed E-state index contributed by atoms with van der Waals surface area (Å²) in [6.07, 6.45) is 2.67. The molecule has 0 spiro atoms. The van der Waals surface area contributed by atoms with Crippen molar-refractivity contribution in [2.45, 2.75) is 26.3 Å². The van der Waals surface area contributed by atoms with Gasteiger partial charge in [0.1, 0.15) is 0 Å². The molecule has 2 amide bonds. The molecule has 3 rings (SSSR count). The summed E-state index contributed by atoms with van der Waals surface area (Å²) < 4.78 is 25.3. The fourth-order valence-corrected chi connectivity index (χ4v) is 4.11. The molecule has 1 heterocycles. The molecule has 0 radical (unpaired) electrons. The molecule has 0 bridgehead atoms. The van der Waals surface area contributed by atoms with Gasteiger partial charge in [0.2, 0.25) is 10.0 Å². The molecule has 0 saturated carbocycles. The molecule has 8 heteroatoms. The quantitative estimate of drug-likeness (QED) is 0.766. The van der Waals surface area contributed by atoms with Crippen LogP contribution in [0.4, 0.5) is 11.4 Å². The van der Waals surface area contributed by atoms with E-state index in [0.717, 1.165) is 35.8 Å². The summed E-state index contributed by atoms with van der Waals surface area (Å²) in [6, 6.07) is 12.7. The van der Waals surface area contributed by atoms with Gasteiger partial charge < -0.3 is 10.6 Å².